The predicted octanol–water partition coefficient (Wildman–Crippen LogP) is -0.351. The van der Waals surface area contributed by atoms with Gasteiger partial charge in [0.1, 0.15) is 6.10 Å². The molecule has 1 rings (SSSR count). The van der Waals surface area contributed by atoms with Crippen molar-refractivity contribution < 1.29 is 14.6 Å². The molecule has 1 heterocycles. The number of hydrogen-bond donors (Lipinski definition) is 2. The van der Waals surface area contributed by atoms with Crippen molar-refractivity contribution in [2.24, 2.45) is 11.7 Å². The van der Waals surface area contributed by atoms with Crippen molar-refractivity contribution in [1.29, 1.82) is 0 Å². The zero-order chi connectivity index (χ0) is 8.97. The third kappa shape index (κ3) is 2.46. The van der Waals surface area contributed by atoms with Crippen LogP contribution in [0.2, 0.25) is 0 Å². The van der Waals surface area contributed by atoms with Crippen LogP contribution in [0.25, 0.3) is 0 Å². The van der Waals surface area contributed by atoms with Gasteiger partial charge in [0.05, 0.1) is 0 Å². The molecule has 12 heavy (non-hydrogen) atoms. The Balaban J connectivity index is 2.35. The van der Waals surface area contributed by atoms with Crippen LogP contribution in [0.5, 0.6) is 0 Å². The van der Waals surface area contributed by atoms with E-state index >= 15 is 0 Å². The van der Waals surface area contributed by atoms with Gasteiger partial charge >= 0.3 is 0 Å². The molecule has 1 fully saturated rings. The first kappa shape index (κ1) is 9.48. The minimum Gasteiger partial charge on any atom is -0.396 e. The van der Waals surface area contributed by atoms with E-state index in [2.05, 4.69) is 0 Å². The fraction of sp³-hybridized carbons (Fsp3) is 0.875. The Bertz CT molecular complexity index is 158. The van der Waals surface area contributed by atoms with Gasteiger partial charge in [-0.15, -0.1) is 0 Å². The van der Waals surface area contributed by atoms with Gasteiger partial charge in [0, 0.05) is 13.2 Å². The summed E-state index contributed by atoms with van der Waals surface area (Å²) >= 11 is 0. The van der Waals surface area contributed by atoms with Crippen molar-refractivity contribution in [3.05, 3.63) is 0 Å². The summed E-state index contributed by atoms with van der Waals surface area (Å²) in [6, 6.07) is 0. The number of hydrogen-bond acceptors (Lipinski definition) is 3. The lowest BCUT2D eigenvalue weighted by atomic mass is 9.92. The molecule has 3 N–H and O–H groups in total. The molecule has 1 amide bonds. The highest BCUT2D eigenvalue weighted by atomic mass is 16.5. The number of aliphatic hydroxyl groups is 1. The highest BCUT2D eigenvalue weighted by Gasteiger charge is 2.25. The third-order valence-electron chi connectivity index (χ3n) is 2.25. The molecule has 0 aromatic heterocycles. The molecule has 70 valence electrons. The number of carbonyl (C=O) groups is 1. The summed E-state index contributed by atoms with van der Waals surface area (Å²) in [4.78, 5) is 10.7. The maximum Gasteiger partial charge on any atom is 0.246 e. The maximum absolute atomic E-state index is 10.7. The van der Waals surface area contributed by atoms with Crippen molar-refractivity contribution in [3.8, 4) is 0 Å². The zero-order valence-corrected chi connectivity index (χ0v) is 7.03. The minimum atomic E-state index is -0.435. The van der Waals surface area contributed by atoms with E-state index in [0.717, 1.165) is 12.8 Å². The van der Waals surface area contributed by atoms with Crippen molar-refractivity contribution in [2.45, 2.75) is 25.4 Å². The molecule has 0 aromatic carbocycles. The van der Waals surface area contributed by atoms with E-state index in [1.807, 2.05) is 0 Å². The van der Waals surface area contributed by atoms with Gasteiger partial charge in [-0.2, -0.15) is 0 Å². The summed E-state index contributed by atoms with van der Waals surface area (Å²) < 4.78 is 5.16. The SMILES string of the molecule is NC(=O)[C@H]1CC(CCO)CCO1. The molecule has 4 heteroatoms. The topological polar surface area (TPSA) is 72.6 Å². The van der Waals surface area contributed by atoms with Crippen LogP contribution in [0.1, 0.15) is 19.3 Å². The lowest BCUT2D eigenvalue weighted by molar-refractivity contribution is -0.134. The van der Waals surface area contributed by atoms with Gasteiger partial charge < -0.3 is 15.6 Å². The quantitative estimate of drug-likeness (QED) is 0.612. The van der Waals surface area contributed by atoms with Crippen molar-refractivity contribution in [2.75, 3.05) is 13.2 Å². The number of aliphatic hydroxyl groups excluding tert-OH is 1. The third-order valence-corrected chi connectivity index (χ3v) is 2.25. The lowest BCUT2D eigenvalue weighted by Crippen LogP contribution is -2.37. The van der Waals surface area contributed by atoms with Gasteiger partial charge in [-0.1, -0.05) is 0 Å². The Morgan fingerprint density at radius 3 is 3.00 bits per heavy atom. The minimum absolute atomic E-state index is 0.177. The Morgan fingerprint density at radius 1 is 1.67 bits per heavy atom. The van der Waals surface area contributed by atoms with Crippen LogP contribution in [0.3, 0.4) is 0 Å². The zero-order valence-electron chi connectivity index (χ0n) is 7.03. The molecular formula is C8H15NO3. The molecule has 0 aliphatic carbocycles. The number of amides is 1. The second-order valence-corrected chi connectivity index (χ2v) is 3.16. The summed E-state index contributed by atoms with van der Waals surface area (Å²) in [7, 11) is 0. The van der Waals surface area contributed by atoms with Crippen LogP contribution in [0.15, 0.2) is 0 Å². The van der Waals surface area contributed by atoms with E-state index < -0.39 is 12.0 Å². The number of nitrogens with two attached hydrogens (primary N) is 1. The standard InChI is InChI=1S/C8H15NO3/c9-8(11)7-5-6(1-3-10)2-4-12-7/h6-7,10H,1-5H2,(H2,9,11)/t6?,7-/m1/s1. The maximum atomic E-state index is 10.7. The van der Waals surface area contributed by atoms with Crippen molar-refractivity contribution in [3.63, 3.8) is 0 Å². The fourth-order valence-corrected chi connectivity index (χ4v) is 1.51. The highest BCUT2D eigenvalue weighted by Crippen LogP contribution is 2.22. The first-order valence-electron chi connectivity index (χ1n) is 4.26. The monoisotopic (exact) mass is 173 g/mol. The average molecular weight is 173 g/mol. The number of carbonyl (C=O) groups excluding carboxylic acids is 1. The Kier molecular flexibility index (Phi) is 3.49. The summed E-state index contributed by atoms with van der Waals surface area (Å²) in [6.07, 6.45) is 1.89. The molecule has 1 aliphatic rings. The van der Waals surface area contributed by atoms with E-state index in [9.17, 15) is 4.79 Å². The van der Waals surface area contributed by atoms with Gasteiger partial charge in [-0.3, -0.25) is 4.79 Å². The Hall–Kier alpha value is -0.610. The van der Waals surface area contributed by atoms with Crippen molar-refractivity contribution >= 4 is 5.91 Å². The van der Waals surface area contributed by atoms with Gasteiger partial charge in [-0.05, 0) is 25.2 Å². The molecule has 0 spiro atoms. The lowest BCUT2D eigenvalue weighted by Gasteiger charge is -2.26. The van der Waals surface area contributed by atoms with E-state index in [-0.39, 0.29) is 6.61 Å². The molecule has 1 aliphatic heterocycles. The largest absolute Gasteiger partial charge is 0.396 e. The second-order valence-electron chi connectivity index (χ2n) is 3.16. The van der Waals surface area contributed by atoms with Gasteiger partial charge in [0.25, 0.3) is 0 Å². The van der Waals surface area contributed by atoms with Crippen LogP contribution >= 0.6 is 0 Å². The predicted molar refractivity (Wildman–Crippen MR) is 43.4 cm³/mol. The number of ether oxygens (including phenoxy) is 1. The van der Waals surface area contributed by atoms with Gasteiger partial charge in [0.15, 0.2) is 0 Å². The fourth-order valence-electron chi connectivity index (χ4n) is 1.51. The molecule has 2 atom stereocenters. The highest BCUT2D eigenvalue weighted by molar-refractivity contribution is 5.78. The van der Waals surface area contributed by atoms with Crippen molar-refractivity contribution in [1.82, 2.24) is 0 Å². The van der Waals surface area contributed by atoms with Gasteiger partial charge in [0.2, 0.25) is 5.91 Å². The molecule has 0 saturated carbocycles. The van der Waals surface area contributed by atoms with Crippen LogP contribution in [-0.4, -0.2) is 30.3 Å². The first-order valence-corrected chi connectivity index (χ1v) is 4.26. The summed E-state index contributed by atoms with van der Waals surface area (Å²) in [5.74, 6) is -0.00103. The number of rotatable bonds is 3. The summed E-state index contributed by atoms with van der Waals surface area (Å²) in [6.45, 7) is 0.758. The molecule has 0 bridgehead atoms. The Labute approximate surface area is 71.7 Å². The van der Waals surface area contributed by atoms with E-state index in [1.165, 1.54) is 0 Å². The van der Waals surface area contributed by atoms with Crippen LogP contribution in [0, 0.1) is 5.92 Å². The number of primary amides is 1. The summed E-state index contributed by atoms with van der Waals surface area (Å²) in [5, 5.41) is 8.69. The van der Waals surface area contributed by atoms with E-state index in [0.29, 0.717) is 18.9 Å². The molecule has 1 saturated heterocycles. The smallest absolute Gasteiger partial charge is 0.246 e. The molecule has 4 nitrogen and oxygen atoms in total. The second kappa shape index (κ2) is 4.42. The molecule has 0 aromatic rings. The Morgan fingerprint density at radius 2 is 2.42 bits per heavy atom. The van der Waals surface area contributed by atoms with E-state index in [4.69, 9.17) is 15.6 Å². The van der Waals surface area contributed by atoms with E-state index in [1.54, 1.807) is 0 Å². The average Bonchev–Trinajstić information content (AvgIpc) is 2.05. The summed E-state index contributed by atoms with van der Waals surface area (Å²) in [5.41, 5.74) is 5.10. The molecule has 1 unspecified atom stereocenters. The van der Waals surface area contributed by atoms with Gasteiger partial charge in [-0.25, -0.2) is 0 Å². The molecular weight excluding hydrogens is 158 g/mol. The normalized spacial score (nSPS) is 30.1. The molecule has 0 radical (unpaired) electrons. The van der Waals surface area contributed by atoms with Crippen LogP contribution in [0.4, 0.5) is 0 Å². The van der Waals surface area contributed by atoms with Crippen LogP contribution < -0.4 is 5.73 Å². The van der Waals surface area contributed by atoms with Crippen LogP contribution in [-0.2, 0) is 9.53 Å². The first-order chi connectivity index (χ1) is 5.74.